The number of rotatable bonds is 4. The molecule has 1 aromatic carbocycles. The number of thioether (sulfide) groups is 1. The van der Waals surface area contributed by atoms with Crippen molar-refractivity contribution < 1.29 is 19.4 Å². The molecule has 1 saturated heterocycles. The number of ether oxygens (including phenoxy) is 1. The number of carbonyl (C=O) groups is 2. The van der Waals surface area contributed by atoms with Crippen LogP contribution in [-0.2, 0) is 11.2 Å². The Balaban J connectivity index is 1.58. The molecule has 0 atom stereocenters. The van der Waals surface area contributed by atoms with Gasteiger partial charge in [0.2, 0.25) is 0 Å². The fraction of sp³-hybridized carbons (Fsp3) is 0.350. The lowest BCUT2D eigenvalue weighted by atomic mass is 9.91. The highest BCUT2D eigenvalue weighted by Gasteiger charge is 2.41. The van der Waals surface area contributed by atoms with E-state index in [-0.39, 0.29) is 0 Å². The van der Waals surface area contributed by atoms with Crippen molar-refractivity contribution in [2.24, 2.45) is 0 Å². The van der Waals surface area contributed by atoms with Gasteiger partial charge in [0, 0.05) is 24.4 Å². The Morgan fingerprint density at radius 1 is 1.15 bits per heavy atom. The van der Waals surface area contributed by atoms with Gasteiger partial charge < -0.3 is 15.2 Å². The third-order valence-electron chi connectivity index (χ3n) is 5.13. The lowest BCUT2D eigenvalue weighted by Crippen LogP contribution is -2.56. The Morgan fingerprint density at radius 3 is 2.74 bits per heavy atom. The summed E-state index contributed by atoms with van der Waals surface area (Å²) in [6, 6.07) is 7.69. The van der Waals surface area contributed by atoms with Gasteiger partial charge in [-0.05, 0) is 53.7 Å². The van der Waals surface area contributed by atoms with Crippen molar-refractivity contribution in [2.45, 2.75) is 24.8 Å². The molecule has 0 unspecified atom stereocenters. The topological polar surface area (TPSA) is 88.5 Å². The number of benzene rings is 1. The highest BCUT2D eigenvalue weighted by molar-refractivity contribution is 7.99. The molecule has 2 aliphatic rings. The molecule has 0 radical (unpaired) electrons. The van der Waals surface area contributed by atoms with Crippen LogP contribution in [0.1, 0.15) is 28.8 Å². The predicted molar refractivity (Wildman–Crippen MR) is 103 cm³/mol. The van der Waals surface area contributed by atoms with Crippen LogP contribution in [0, 0.1) is 0 Å². The molecule has 27 heavy (non-hydrogen) atoms. The highest BCUT2D eigenvalue weighted by Crippen LogP contribution is 2.31. The van der Waals surface area contributed by atoms with E-state index < -0.39 is 17.4 Å². The summed E-state index contributed by atoms with van der Waals surface area (Å²) >= 11 is 1.71. The second-order valence-electron chi connectivity index (χ2n) is 6.84. The molecule has 0 saturated carbocycles. The molecule has 2 aromatic rings. The Labute approximate surface area is 161 Å². The number of carboxylic acid groups (broad SMARTS) is 1. The van der Waals surface area contributed by atoms with Crippen LogP contribution < -0.4 is 10.1 Å². The maximum Gasteiger partial charge on any atom is 0.329 e. The van der Waals surface area contributed by atoms with Gasteiger partial charge in [0.1, 0.15) is 11.3 Å². The van der Waals surface area contributed by atoms with Crippen molar-refractivity contribution in [3.05, 3.63) is 47.8 Å². The van der Waals surface area contributed by atoms with E-state index >= 15 is 0 Å². The predicted octanol–water partition coefficient (Wildman–Crippen LogP) is 2.76. The molecule has 1 aromatic heterocycles. The molecular weight excluding hydrogens is 364 g/mol. The number of amides is 1. The zero-order valence-electron chi connectivity index (χ0n) is 14.7. The molecule has 2 aliphatic heterocycles. The van der Waals surface area contributed by atoms with Crippen molar-refractivity contribution in [3.8, 4) is 16.9 Å². The van der Waals surface area contributed by atoms with Crippen LogP contribution in [0.3, 0.4) is 0 Å². The quantitative estimate of drug-likeness (QED) is 0.843. The summed E-state index contributed by atoms with van der Waals surface area (Å²) in [5.74, 6) is 0.977. The Kier molecular flexibility index (Phi) is 4.78. The van der Waals surface area contributed by atoms with Gasteiger partial charge in [-0.15, -0.1) is 0 Å². The molecule has 0 bridgehead atoms. The summed E-state index contributed by atoms with van der Waals surface area (Å²) in [7, 11) is 0. The fourth-order valence-electron chi connectivity index (χ4n) is 3.49. The van der Waals surface area contributed by atoms with E-state index in [1.54, 1.807) is 24.0 Å². The molecule has 0 aliphatic carbocycles. The van der Waals surface area contributed by atoms with Crippen LogP contribution in [0.4, 0.5) is 0 Å². The first-order chi connectivity index (χ1) is 13.1. The molecule has 4 rings (SSSR count). The van der Waals surface area contributed by atoms with E-state index in [0.29, 0.717) is 25.0 Å². The van der Waals surface area contributed by atoms with E-state index in [1.807, 2.05) is 12.1 Å². The SMILES string of the molecule is O=C(NC1(C(=O)O)CCSCC1)c1cncc(-c2ccc3c(c2)CCO3)c1. The number of hydrogen-bond donors (Lipinski definition) is 2. The normalized spacial score (nSPS) is 17.6. The average Bonchev–Trinajstić information content (AvgIpc) is 3.16. The molecule has 140 valence electrons. The maximum atomic E-state index is 12.8. The van der Waals surface area contributed by atoms with Crippen molar-refractivity contribution in [3.63, 3.8) is 0 Å². The third-order valence-corrected chi connectivity index (χ3v) is 6.12. The van der Waals surface area contributed by atoms with Gasteiger partial charge in [-0.3, -0.25) is 9.78 Å². The number of aromatic nitrogens is 1. The number of nitrogens with zero attached hydrogens (tertiary/aromatic N) is 1. The second kappa shape index (κ2) is 7.23. The Morgan fingerprint density at radius 2 is 1.96 bits per heavy atom. The van der Waals surface area contributed by atoms with E-state index in [1.165, 1.54) is 6.20 Å². The Hall–Kier alpha value is -2.54. The van der Waals surface area contributed by atoms with Gasteiger partial charge in [-0.1, -0.05) is 6.07 Å². The number of carboxylic acids is 1. The van der Waals surface area contributed by atoms with Crippen LogP contribution in [0.25, 0.3) is 11.1 Å². The minimum Gasteiger partial charge on any atom is -0.493 e. The molecule has 2 N–H and O–H groups in total. The van der Waals surface area contributed by atoms with Crippen molar-refractivity contribution in [1.82, 2.24) is 10.3 Å². The molecule has 1 fully saturated rings. The number of nitrogens with one attached hydrogen (secondary N) is 1. The minimum absolute atomic E-state index is 0.364. The van der Waals surface area contributed by atoms with Gasteiger partial charge in [0.15, 0.2) is 0 Å². The van der Waals surface area contributed by atoms with Crippen LogP contribution >= 0.6 is 11.8 Å². The monoisotopic (exact) mass is 384 g/mol. The van der Waals surface area contributed by atoms with Gasteiger partial charge in [-0.2, -0.15) is 11.8 Å². The largest absolute Gasteiger partial charge is 0.493 e. The number of aliphatic carboxylic acids is 1. The summed E-state index contributed by atoms with van der Waals surface area (Å²) in [5.41, 5.74) is 2.10. The molecular formula is C20H20N2O4S. The zero-order valence-corrected chi connectivity index (χ0v) is 15.6. The van der Waals surface area contributed by atoms with Crippen molar-refractivity contribution >= 4 is 23.6 Å². The van der Waals surface area contributed by atoms with Crippen LogP contribution in [0.15, 0.2) is 36.7 Å². The van der Waals surface area contributed by atoms with Gasteiger partial charge in [0.05, 0.1) is 12.2 Å². The Bertz CT molecular complexity index is 893. The zero-order chi connectivity index (χ0) is 18.9. The smallest absolute Gasteiger partial charge is 0.329 e. The fourth-order valence-corrected chi connectivity index (χ4v) is 4.68. The van der Waals surface area contributed by atoms with Gasteiger partial charge in [-0.25, -0.2) is 4.79 Å². The first-order valence-corrected chi connectivity index (χ1v) is 10.1. The summed E-state index contributed by atoms with van der Waals surface area (Å²) in [6.07, 6.45) is 4.91. The summed E-state index contributed by atoms with van der Waals surface area (Å²) in [5, 5.41) is 12.4. The molecule has 7 heteroatoms. The van der Waals surface area contributed by atoms with E-state index in [4.69, 9.17) is 4.74 Å². The van der Waals surface area contributed by atoms with E-state index in [0.717, 1.165) is 40.4 Å². The number of fused-ring (bicyclic) bond motifs is 1. The number of carbonyl (C=O) groups excluding carboxylic acids is 1. The third kappa shape index (κ3) is 3.51. The molecule has 3 heterocycles. The van der Waals surface area contributed by atoms with E-state index in [2.05, 4.69) is 16.4 Å². The first-order valence-electron chi connectivity index (χ1n) is 8.92. The minimum atomic E-state index is -1.19. The number of hydrogen-bond acceptors (Lipinski definition) is 5. The molecule has 0 spiro atoms. The molecule has 6 nitrogen and oxygen atoms in total. The van der Waals surface area contributed by atoms with Gasteiger partial charge in [0.25, 0.3) is 5.91 Å². The van der Waals surface area contributed by atoms with Crippen LogP contribution in [0.5, 0.6) is 5.75 Å². The summed E-state index contributed by atoms with van der Waals surface area (Å²) in [6.45, 7) is 0.690. The lowest BCUT2D eigenvalue weighted by molar-refractivity contribution is -0.144. The second-order valence-corrected chi connectivity index (χ2v) is 8.06. The van der Waals surface area contributed by atoms with Gasteiger partial charge >= 0.3 is 5.97 Å². The summed E-state index contributed by atoms with van der Waals surface area (Å²) in [4.78, 5) is 28.7. The standard InChI is InChI=1S/C20H20N2O4S/c23-18(22-20(19(24)25)4-7-27-8-5-20)16-10-15(11-21-12-16)13-1-2-17-14(9-13)3-6-26-17/h1-2,9-12H,3-8H2,(H,22,23)(H,24,25). The number of pyridine rings is 1. The van der Waals surface area contributed by atoms with Crippen LogP contribution in [0.2, 0.25) is 0 Å². The van der Waals surface area contributed by atoms with Crippen molar-refractivity contribution in [2.75, 3.05) is 18.1 Å². The van der Waals surface area contributed by atoms with Crippen molar-refractivity contribution in [1.29, 1.82) is 0 Å². The molecule has 1 amide bonds. The first kappa shape index (κ1) is 17.9. The van der Waals surface area contributed by atoms with Crippen LogP contribution in [-0.4, -0.2) is 45.6 Å². The lowest BCUT2D eigenvalue weighted by Gasteiger charge is -2.33. The average molecular weight is 384 g/mol. The maximum absolute atomic E-state index is 12.8. The highest BCUT2D eigenvalue weighted by atomic mass is 32.2. The van der Waals surface area contributed by atoms with E-state index in [9.17, 15) is 14.7 Å². The summed E-state index contributed by atoms with van der Waals surface area (Å²) < 4.78 is 5.53.